The summed E-state index contributed by atoms with van der Waals surface area (Å²) in [5.74, 6) is 0.404. The first kappa shape index (κ1) is 16.6. The molecule has 0 fully saturated rings. The topological polar surface area (TPSA) is 69.4 Å². The number of Topliss-reactive ketones (excluding diaryl/α,β-unsaturated/α-hetero) is 1. The average Bonchev–Trinajstić information content (AvgIpc) is 3.07. The van der Waals surface area contributed by atoms with Gasteiger partial charge in [-0.25, -0.2) is 14.4 Å². The van der Waals surface area contributed by atoms with Crippen LogP contribution in [0.2, 0.25) is 0 Å². The van der Waals surface area contributed by atoms with E-state index in [1.165, 1.54) is 6.07 Å². The zero-order chi connectivity index (χ0) is 19.3. The van der Waals surface area contributed by atoms with E-state index in [-0.39, 0.29) is 18.8 Å². The fourth-order valence-corrected chi connectivity index (χ4v) is 3.51. The predicted octanol–water partition coefficient (Wildman–Crippen LogP) is 3.41. The molecule has 0 saturated heterocycles. The lowest BCUT2D eigenvalue weighted by atomic mass is 9.98. The monoisotopic (exact) mass is 374 g/mol. The van der Waals surface area contributed by atoms with Crippen LogP contribution in [-0.4, -0.2) is 31.7 Å². The standard InChI is InChI=1S/C21H15FN4O2/c1-12-7-13(3-5-23-12)19-20(26-6-2-4-24-21(26)25-19)16-9-14-8-15(27)11-28-18(14)10-17(16)22/h2-7,9-10H,8,11H2,1H3. The molecule has 0 spiro atoms. The molecule has 0 atom stereocenters. The summed E-state index contributed by atoms with van der Waals surface area (Å²) in [5.41, 5.74) is 3.85. The van der Waals surface area contributed by atoms with Crippen molar-refractivity contribution >= 4 is 11.6 Å². The van der Waals surface area contributed by atoms with Gasteiger partial charge in [0.05, 0.1) is 11.4 Å². The number of aryl methyl sites for hydroxylation is 1. The molecule has 3 aromatic heterocycles. The van der Waals surface area contributed by atoms with E-state index in [2.05, 4.69) is 15.0 Å². The minimum absolute atomic E-state index is 0.0210. The Bertz CT molecular complexity index is 1250. The molecule has 0 aliphatic carbocycles. The van der Waals surface area contributed by atoms with E-state index in [1.54, 1.807) is 35.1 Å². The minimum Gasteiger partial charge on any atom is -0.485 e. The molecule has 6 nitrogen and oxygen atoms in total. The molecule has 0 bridgehead atoms. The highest BCUT2D eigenvalue weighted by Crippen LogP contribution is 2.37. The lowest BCUT2D eigenvalue weighted by molar-refractivity contribution is -0.121. The van der Waals surface area contributed by atoms with Crippen molar-refractivity contribution in [1.29, 1.82) is 0 Å². The second-order valence-electron chi connectivity index (χ2n) is 6.73. The summed E-state index contributed by atoms with van der Waals surface area (Å²) in [7, 11) is 0. The van der Waals surface area contributed by atoms with Crippen molar-refractivity contribution in [3.8, 4) is 28.3 Å². The number of ether oxygens (including phenoxy) is 1. The van der Waals surface area contributed by atoms with Crippen LogP contribution in [0.5, 0.6) is 5.75 Å². The summed E-state index contributed by atoms with van der Waals surface area (Å²) in [6.07, 6.45) is 5.36. The van der Waals surface area contributed by atoms with Gasteiger partial charge in [0.2, 0.25) is 5.78 Å². The maximum Gasteiger partial charge on any atom is 0.234 e. The van der Waals surface area contributed by atoms with Gasteiger partial charge in [-0.2, -0.15) is 0 Å². The Hall–Kier alpha value is -3.61. The molecule has 0 unspecified atom stereocenters. The van der Waals surface area contributed by atoms with E-state index in [0.717, 1.165) is 11.3 Å². The molecule has 4 aromatic rings. The number of benzene rings is 1. The van der Waals surface area contributed by atoms with Crippen LogP contribution in [-0.2, 0) is 11.2 Å². The minimum atomic E-state index is -0.439. The summed E-state index contributed by atoms with van der Waals surface area (Å²) in [6.45, 7) is 1.87. The number of hydrogen-bond acceptors (Lipinski definition) is 5. The van der Waals surface area contributed by atoms with Crippen molar-refractivity contribution in [2.24, 2.45) is 0 Å². The third-order valence-corrected chi connectivity index (χ3v) is 4.76. The molecule has 0 amide bonds. The Morgan fingerprint density at radius 3 is 2.93 bits per heavy atom. The quantitative estimate of drug-likeness (QED) is 0.538. The van der Waals surface area contributed by atoms with Crippen LogP contribution >= 0.6 is 0 Å². The van der Waals surface area contributed by atoms with Crippen LogP contribution in [0.15, 0.2) is 48.9 Å². The first-order chi connectivity index (χ1) is 13.6. The molecule has 1 aliphatic heterocycles. The smallest absolute Gasteiger partial charge is 0.234 e. The van der Waals surface area contributed by atoms with Gasteiger partial charge in [0.25, 0.3) is 0 Å². The number of rotatable bonds is 2. The van der Waals surface area contributed by atoms with Gasteiger partial charge < -0.3 is 4.74 Å². The maximum atomic E-state index is 15.1. The number of carbonyl (C=O) groups is 1. The molecule has 4 heterocycles. The second kappa shape index (κ2) is 6.23. The van der Waals surface area contributed by atoms with E-state index >= 15 is 4.39 Å². The van der Waals surface area contributed by atoms with Gasteiger partial charge in [0.1, 0.15) is 18.2 Å². The lowest BCUT2D eigenvalue weighted by Gasteiger charge is -2.18. The third-order valence-electron chi connectivity index (χ3n) is 4.76. The molecule has 28 heavy (non-hydrogen) atoms. The number of pyridine rings is 1. The number of carbonyl (C=O) groups excluding carboxylic acids is 1. The largest absolute Gasteiger partial charge is 0.485 e. The number of imidazole rings is 1. The highest BCUT2D eigenvalue weighted by atomic mass is 19.1. The van der Waals surface area contributed by atoms with Gasteiger partial charge in [-0.05, 0) is 31.2 Å². The van der Waals surface area contributed by atoms with Gasteiger partial charge in [-0.3, -0.25) is 14.2 Å². The molecule has 138 valence electrons. The number of aromatic nitrogens is 4. The molecule has 1 aromatic carbocycles. The van der Waals surface area contributed by atoms with Crippen molar-refractivity contribution in [2.75, 3.05) is 6.61 Å². The van der Waals surface area contributed by atoms with E-state index < -0.39 is 5.82 Å². The fraction of sp³-hybridized carbons (Fsp3) is 0.143. The summed E-state index contributed by atoms with van der Waals surface area (Å²) >= 11 is 0. The van der Waals surface area contributed by atoms with Crippen molar-refractivity contribution in [3.63, 3.8) is 0 Å². The number of hydrogen-bond donors (Lipinski definition) is 0. The molecule has 7 heteroatoms. The van der Waals surface area contributed by atoms with E-state index in [1.807, 2.05) is 19.1 Å². The third kappa shape index (κ3) is 2.63. The van der Waals surface area contributed by atoms with Gasteiger partial charge in [0.15, 0.2) is 5.78 Å². The van der Waals surface area contributed by atoms with E-state index in [0.29, 0.717) is 34.0 Å². The molecular formula is C21H15FN4O2. The van der Waals surface area contributed by atoms with Crippen molar-refractivity contribution in [3.05, 3.63) is 66.0 Å². The van der Waals surface area contributed by atoms with Gasteiger partial charge >= 0.3 is 0 Å². The Morgan fingerprint density at radius 1 is 1.18 bits per heavy atom. The summed E-state index contributed by atoms with van der Waals surface area (Å²) in [5, 5.41) is 0. The summed E-state index contributed by atoms with van der Waals surface area (Å²) in [4.78, 5) is 24.9. The van der Waals surface area contributed by atoms with Crippen LogP contribution in [0.1, 0.15) is 11.3 Å². The zero-order valence-corrected chi connectivity index (χ0v) is 15.0. The zero-order valence-electron chi connectivity index (χ0n) is 15.0. The Balaban J connectivity index is 1.80. The van der Waals surface area contributed by atoms with Gasteiger partial charge in [-0.1, -0.05) is 0 Å². The Labute approximate surface area is 159 Å². The van der Waals surface area contributed by atoms with Crippen LogP contribution in [0, 0.1) is 12.7 Å². The molecule has 0 radical (unpaired) electrons. The van der Waals surface area contributed by atoms with Crippen molar-refractivity contribution < 1.29 is 13.9 Å². The van der Waals surface area contributed by atoms with Gasteiger partial charge in [0, 0.05) is 53.5 Å². The van der Waals surface area contributed by atoms with Crippen LogP contribution in [0.25, 0.3) is 28.3 Å². The Kier molecular flexibility index (Phi) is 3.68. The van der Waals surface area contributed by atoms with Crippen molar-refractivity contribution in [2.45, 2.75) is 13.3 Å². The van der Waals surface area contributed by atoms with Crippen LogP contribution in [0.3, 0.4) is 0 Å². The average molecular weight is 374 g/mol. The van der Waals surface area contributed by atoms with Gasteiger partial charge in [-0.15, -0.1) is 0 Å². The number of halogens is 1. The molecule has 0 N–H and O–H groups in total. The SMILES string of the molecule is Cc1cc(-c2nc3ncccn3c2-c2cc3c(cc2F)OCC(=O)C3)ccn1. The number of ketones is 1. The predicted molar refractivity (Wildman–Crippen MR) is 101 cm³/mol. The maximum absolute atomic E-state index is 15.1. The first-order valence-corrected chi connectivity index (χ1v) is 8.83. The molecule has 5 rings (SSSR count). The lowest BCUT2D eigenvalue weighted by Crippen LogP contribution is -2.20. The normalized spacial score (nSPS) is 13.4. The second-order valence-corrected chi connectivity index (χ2v) is 6.73. The van der Waals surface area contributed by atoms with E-state index in [9.17, 15) is 4.79 Å². The van der Waals surface area contributed by atoms with E-state index in [4.69, 9.17) is 4.74 Å². The fourth-order valence-electron chi connectivity index (χ4n) is 3.51. The molecule has 1 aliphatic rings. The first-order valence-electron chi connectivity index (χ1n) is 8.83. The van der Waals surface area contributed by atoms with Crippen molar-refractivity contribution in [1.82, 2.24) is 19.4 Å². The van der Waals surface area contributed by atoms with Crippen LogP contribution in [0.4, 0.5) is 4.39 Å². The number of fused-ring (bicyclic) bond motifs is 2. The summed E-state index contributed by atoms with van der Waals surface area (Å²) in [6, 6.07) is 8.52. The highest BCUT2D eigenvalue weighted by Gasteiger charge is 2.24. The summed E-state index contributed by atoms with van der Waals surface area (Å²) < 4.78 is 22.2. The molecule has 0 saturated carbocycles. The highest BCUT2D eigenvalue weighted by molar-refractivity contribution is 5.87. The molecular weight excluding hydrogens is 359 g/mol. The number of nitrogens with zero attached hydrogens (tertiary/aromatic N) is 4. The Morgan fingerprint density at radius 2 is 2.07 bits per heavy atom. The van der Waals surface area contributed by atoms with Crippen LogP contribution < -0.4 is 4.74 Å².